The molecule has 2 unspecified atom stereocenters. The van der Waals surface area contributed by atoms with Gasteiger partial charge in [0.1, 0.15) is 10.7 Å². The Morgan fingerprint density at radius 2 is 2.50 bits per heavy atom. The number of thiazole rings is 1. The van der Waals surface area contributed by atoms with E-state index in [9.17, 15) is 4.79 Å². The molecule has 0 radical (unpaired) electrons. The Morgan fingerprint density at radius 1 is 1.72 bits per heavy atom. The van der Waals surface area contributed by atoms with Gasteiger partial charge in [-0.3, -0.25) is 4.79 Å². The van der Waals surface area contributed by atoms with Gasteiger partial charge in [-0.1, -0.05) is 6.92 Å². The number of hydrogen-bond acceptors (Lipinski definition) is 5. The van der Waals surface area contributed by atoms with Crippen LogP contribution < -0.4 is 5.73 Å². The fraction of sp³-hybridized carbons (Fsp3) is 0.667. The molecule has 2 rings (SSSR count). The Bertz CT molecular complexity index is 421. The molecule has 1 aliphatic rings. The van der Waals surface area contributed by atoms with Crippen LogP contribution >= 0.6 is 11.3 Å². The Kier molecular flexibility index (Phi) is 4.31. The lowest BCUT2D eigenvalue weighted by Gasteiger charge is -2.37. The zero-order valence-electron chi connectivity index (χ0n) is 10.8. The fourth-order valence-electron chi connectivity index (χ4n) is 2.08. The number of carbonyl (C=O) groups is 1. The maximum Gasteiger partial charge on any atom is 0.273 e. The molecule has 1 aliphatic heterocycles. The van der Waals surface area contributed by atoms with Gasteiger partial charge in [0.15, 0.2) is 0 Å². The van der Waals surface area contributed by atoms with Crippen LogP contribution in [-0.4, -0.2) is 41.1 Å². The van der Waals surface area contributed by atoms with Crippen molar-refractivity contribution in [3.05, 3.63) is 16.1 Å². The Balaban J connectivity index is 2.14. The molecular weight excluding hydrogens is 250 g/mol. The summed E-state index contributed by atoms with van der Waals surface area (Å²) < 4.78 is 5.59. The highest BCUT2D eigenvalue weighted by atomic mass is 32.1. The van der Waals surface area contributed by atoms with Gasteiger partial charge in [-0.15, -0.1) is 11.3 Å². The van der Waals surface area contributed by atoms with Crippen LogP contribution in [0.3, 0.4) is 0 Å². The normalized spacial score (nSPS) is 24.3. The quantitative estimate of drug-likeness (QED) is 0.896. The number of rotatable bonds is 3. The number of morpholine rings is 1. The van der Waals surface area contributed by atoms with E-state index < -0.39 is 0 Å². The van der Waals surface area contributed by atoms with Crippen molar-refractivity contribution in [1.29, 1.82) is 0 Å². The standard InChI is InChI=1S/C12H19N3O2S/c1-3-9-6-17-8(2)5-15(9)12(16)10-7-18-11(4-13)14-10/h7-9H,3-6,13H2,1-2H3. The summed E-state index contributed by atoms with van der Waals surface area (Å²) in [4.78, 5) is 18.6. The molecule has 0 bridgehead atoms. The van der Waals surface area contributed by atoms with Crippen molar-refractivity contribution < 1.29 is 9.53 Å². The van der Waals surface area contributed by atoms with E-state index in [0.29, 0.717) is 25.4 Å². The van der Waals surface area contributed by atoms with Gasteiger partial charge in [0.25, 0.3) is 5.91 Å². The number of nitrogens with zero attached hydrogens (tertiary/aromatic N) is 2. The van der Waals surface area contributed by atoms with E-state index >= 15 is 0 Å². The number of nitrogens with two attached hydrogens (primary N) is 1. The summed E-state index contributed by atoms with van der Waals surface area (Å²) in [5, 5.41) is 2.59. The molecule has 6 heteroatoms. The molecular formula is C12H19N3O2S. The van der Waals surface area contributed by atoms with Crippen molar-refractivity contribution in [3.63, 3.8) is 0 Å². The van der Waals surface area contributed by atoms with Crippen molar-refractivity contribution in [1.82, 2.24) is 9.88 Å². The molecule has 100 valence electrons. The van der Waals surface area contributed by atoms with E-state index in [1.807, 2.05) is 11.8 Å². The topological polar surface area (TPSA) is 68.5 Å². The first-order chi connectivity index (χ1) is 8.65. The average molecular weight is 269 g/mol. The minimum Gasteiger partial charge on any atom is -0.375 e. The predicted molar refractivity (Wildman–Crippen MR) is 70.5 cm³/mol. The van der Waals surface area contributed by atoms with Crippen LogP contribution in [0.5, 0.6) is 0 Å². The predicted octanol–water partition coefficient (Wildman–Crippen LogP) is 1.24. The first kappa shape index (κ1) is 13.5. The second-order valence-corrected chi connectivity index (χ2v) is 5.44. The molecule has 2 heterocycles. The molecule has 1 amide bonds. The van der Waals surface area contributed by atoms with Crippen LogP contribution in [-0.2, 0) is 11.3 Å². The first-order valence-electron chi connectivity index (χ1n) is 6.22. The fourth-order valence-corrected chi connectivity index (χ4v) is 2.73. The van der Waals surface area contributed by atoms with Gasteiger partial charge in [0.05, 0.1) is 18.8 Å². The van der Waals surface area contributed by atoms with Gasteiger partial charge in [0.2, 0.25) is 0 Å². The minimum atomic E-state index is -0.00653. The molecule has 1 saturated heterocycles. The SMILES string of the molecule is CCC1COC(C)CN1C(=O)c1csc(CN)n1. The molecule has 1 fully saturated rings. The highest BCUT2D eigenvalue weighted by molar-refractivity contribution is 7.09. The zero-order chi connectivity index (χ0) is 13.1. The van der Waals surface area contributed by atoms with E-state index in [4.69, 9.17) is 10.5 Å². The molecule has 18 heavy (non-hydrogen) atoms. The summed E-state index contributed by atoms with van der Waals surface area (Å²) >= 11 is 1.44. The summed E-state index contributed by atoms with van der Waals surface area (Å²) in [5.74, 6) is -0.00653. The van der Waals surface area contributed by atoms with Crippen molar-refractivity contribution in [3.8, 4) is 0 Å². The molecule has 0 saturated carbocycles. The largest absolute Gasteiger partial charge is 0.375 e. The number of hydrogen-bond donors (Lipinski definition) is 1. The lowest BCUT2D eigenvalue weighted by Crippen LogP contribution is -2.51. The first-order valence-corrected chi connectivity index (χ1v) is 7.10. The summed E-state index contributed by atoms with van der Waals surface area (Å²) in [6.07, 6.45) is 0.983. The molecule has 0 aliphatic carbocycles. The summed E-state index contributed by atoms with van der Waals surface area (Å²) in [6.45, 7) is 5.67. The third kappa shape index (κ3) is 2.71. The molecule has 2 atom stereocenters. The lowest BCUT2D eigenvalue weighted by molar-refractivity contribution is -0.0445. The van der Waals surface area contributed by atoms with Crippen molar-refractivity contribution in [2.75, 3.05) is 13.2 Å². The number of ether oxygens (including phenoxy) is 1. The molecule has 1 aromatic heterocycles. The minimum absolute atomic E-state index is 0.00653. The summed E-state index contributed by atoms with van der Waals surface area (Å²) in [7, 11) is 0. The molecule has 0 spiro atoms. The number of carbonyl (C=O) groups excluding carboxylic acids is 1. The van der Waals surface area contributed by atoms with Crippen molar-refractivity contribution in [2.45, 2.75) is 39.0 Å². The molecule has 5 nitrogen and oxygen atoms in total. The molecule has 0 aromatic carbocycles. The van der Waals surface area contributed by atoms with Crippen LogP contribution in [0.4, 0.5) is 0 Å². The molecule has 2 N–H and O–H groups in total. The Hall–Kier alpha value is -0.980. The smallest absolute Gasteiger partial charge is 0.273 e. The maximum atomic E-state index is 12.4. The second-order valence-electron chi connectivity index (χ2n) is 4.49. The van der Waals surface area contributed by atoms with Crippen LogP contribution in [0.25, 0.3) is 0 Å². The third-order valence-corrected chi connectivity index (χ3v) is 4.02. The average Bonchev–Trinajstić information content (AvgIpc) is 2.86. The van der Waals surface area contributed by atoms with E-state index in [0.717, 1.165) is 11.4 Å². The van der Waals surface area contributed by atoms with Crippen molar-refractivity contribution in [2.24, 2.45) is 5.73 Å². The van der Waals surface area contributed by atoms with Crippen LogP contribution in [0.1, 0.15) is 35.8 Å². The molecule has 1 aromatic rings. The van der Waals surface area contributed by atoms with E-state index in [1.165, 1.54) is 11.3 Å². The highest BCUT2D eigenvalue weighted by Gasteiger charge is 2.30. The lowest BCUT2D eigenvalue weighted by atomic mass is 10.1. The number of aromatic nitrogens is 1. The third-order valence-electron chi connectivity index (χ3n) is 3.15. The van der Waals surface area contributed by atoms with Gasteiger partial charge in [0, 0.05) is 18.5 Å². The van der Waals surface area contributed by atoms with Crippen LogP contribution in [0.2, 0.25) is 0 Å². The Labute approximate surface area is 111 Å². The monoisotopic (exact) mass is 269 g/mol. The van der Waals surface area contributed by atoms with E-state index in [-0.39, 0.29) is 18.1 Å². The van der Waals surface area contributed by atoms with Gasteiger partial charge < -0.3 is 15.4 Å². The van der Waals surface area contributed by atoms with E-state index in [1.54, 1.807) is 5.38 Å². The zero-order valence-corrected chi connectivity index (χ0v) is 11.6. The summed E-state index contributed by atoms with van der Waals surface area (Å²) in [5.41, 5.74) is 6.03. The van der Waals surface area contributed by atoms with Gasteiger partial charge in [-0.25, -0.2) is 4.98 Å². The van der Waals surface area contributed by atoms with E-state index in [2.05, 4.69) is 11.9 Å². The maximum absolute atomic E-state index is 12.4. The van der Waals surface area contributed by atoms with Crippen LogP contribution in [0.15, 0.2) is 5.38 Å². The van der Waals surface area contributed by atoms with Gasteiger partial charge in [-0.05, 0) is 13.3 Å². The highest BCUT2D eigenvalue weighted by Crippen LogP contribution is 2.19. The van der Waals surface area contributed by atoms with Crippen LogP contribution in [0, 0.1) is 0 Å². The Morgan fingerprint density at radius 3 is 3.11 bits per heavy atom. The van der Waals surface area contributed by atoms with Crippen molar-refractivity contribution >= 4 is 17.2 Å². The summed E-state index contributed by atoms with van der Waals surface area (Å²) in [6, 6.07) is 0.150. The second kappa shape index (κ2) is 5.77. The van der Waals surface area contributed by atoms with Gasteiger partial charge in [-0.2, -0.15) is 0 Å². The number of amides is 1. The van der Waals surface area contributed by atoms with Gasteiger partial charge >= 0.3 is 0 Å².